The summed E-state index contributed by atoms with van der Waals surface area (Å²) in [4.78, 5) is 23.0. The van der Waals surface area contributed by atoms with Crippen LogP contribution in [0, 0.1) is 0 Å². The summed E-state index contributed by atoms with van der Waals surface area (Å²) in [7, 11) is -2.40. The van der Waals surface area contributed by atoms with Crippen LogP contribution < -0.4 is 5.73 Å². The molecule has 0 aromatic heterocycles. The molecule has 0 fully saturated rings. The van der Waals surface area contributed by atoms with Crippen molar-refractivity contribution in [3.63, 3.8) is 0 Å². The van der Waals surface area contributed by atoms with Crippen LogP contribution in [0.3, 0.4) is 0 Å². The molecule has 0 amide bonds. The van der Waals surface area contributed by atoms with Gasteiger partial charge in [-0.1, -0.05) is 0 Å². The van der Waals surface area contributed by atoms with Gasteiger partial charge in [0.15, 0.2) is 0 Å². The standard InChI is InChI=1S/C11H23NO4Si/c1-8(12)10(14)16-17(5,6)7-9(13)15-11(2,3)4/h8H,7,12H2,1-6H3/t8-/m0/s1. The van der Waals surface area contributed by atoms with Crippen LogP contribution in [0.15, 0.2) is 0 Å². The maximum atomic E-state index is 11.6. The van der Waals surface area contributed by atoms with Crippen molar-refractivity contribution in [1.82, 2.24) is 0 Å². The van der Waals surface area contributed by atoms with Gasteiger partial charge in [0.25, 0.3) is 8.32 Å². The zero-order valence-electron chi connectivity index (χ0n) is 11.5. The van der Waals surface area contributed by atoms with E-state index in [0.717, 1.165) is 0 Å². The average molecular weight is 261 g/mol. The topological polar surface area (TPSA) is 78.6 Å². The fourth-order valence-corrected chi connectivity index (χ4v) is 2.70. The van der Waals surface area contributed by atoms with Crippen molar-refractivity contribution in [3.8, 4) is 0 Å². The van der Waals surface area contributed by atoms with Crippen LogP contribution in [0.5, 0.6) is 0 Å². The van der Waals surface area contributed by atoms with Gasteiger partial charge in [-0.25, -0.2) is 0 Å². The normalized spacial score (nSPS) is 14.1. The summed E-state index contributed by atoms with van der Waals surface area (Å²) < 4.78 is 10.4. The van der Waals surface area contributed by atoms with Gasteiger partial charge >= 0.3 is 11.9 Å². The van der Waals surface area contributed by atoms with Gasteiger partial charge in [-0.05, 0) is 40.8 Å². The Bertz CT molecular complexity index is 294. The molecule has 0 aliphatic heterocycles. The molecule has 17 heavy (non-hydrogen) atoms. The summed E-state index contributed by atoms with van der Waals surface area (Å²) >= 11 is 0. The molecule has 0 saturated heterocycles. The van der Waals surface area contributed by atoms with Gasteiger partial charge in [-0.2, -0.15) is 0 Å². The highest BCUT2D eigenvalue weighted by atomic mass is 28.4. The highest BCUT2D eigenvalue weighted by Crippen LogP contribution is 2.16. The molecule has 0 rings (SSSR count). The fourth-order valence-electron chi connectivity index (χ4n) is 1.13. The van der Waals surface area contributed by atoms with Crippen LogP contribution in [0.1, 0.15) is 27.7 Å². The van der Waals surface area contributed by atoms with Crippen molar-refractivity contribution < 1.29 is 18.8 Å². The number of esters is 1. The Morgan fingerprint density at radius 1 is 1.29 bits per heavy atom. The molecular weight excluding hydrogens is 238 g/mol. The molecule has 100 valence electrons. The number of hydrogen-bond donors (Lipinski definition) is 1. The molecule has 0 aromatic rings. The summed E-state index contributed by atoms with van der Waals surface area (Å²) in [5.74, 6) is -0.808. The molecule has 1 atom stereocenters. The molecule has 0 bridgehead atoms. The van der Waals surface area contributed by atoms with Crippen molar-refractivity contribution in [2.75, 3.05) is 0 Å². The molecule has 0 aromatic carbocycles. The Kier molecular flexibility index (Phi) is 5.34. The average Bonchev–Trinajstić information content (AvgIpc) is 1.96. The van der Waals surface area contributed by atoms with Gasteiger partial charge in [0.05, 0.1) is 12.1 Å². The minimum absolute atomic E-state index is 0.142. The first-order valence-electron chi connectivity index (χ1n) is 5.63. The molecule has 6 heteroatoms. The fraction of sp³-hybridized carbons (Fsp3) is 0.818. The van der Waals surface area contributed by atoms with E-state index in [0.29, 0.717) is 0 Å². The molecule has 5 nitrogen and oxygen atoms in total. The van der Waals surface area contributed by atoms with Crippen LogP contribution in [0.4, 0.5) is 0 Å². The Hall–Kier alpha value is -0.883. The van der Waals surface area contributed by atoms with E-state index in [9.17, 15) is 9.59 Å². The second-order valence-electron chi connectivity index (χ2n) is 5.73. The maximum absolute atomic E-state index is 11.6. The first-order valence-corrected chi connectivity index (χ1v) is 8.75. The number of rotatable bonds is 4. The molecule has 0 unspecified atom stereocenters. The summed E-state index contributed by atoms with van der Waals surface area (Å²) in [6.45, 7) is 10.5. The second-order valence-corrected chi connectivity index (χ2v) is 9.81. The third-order valence-electron chi connectivity index (χ3n) is 1.74. The van der Waals surface area contributed by atoms with Crippen LogP contribution in [0.2, 0.25) is 19.1 Å². The Morgan fingerprint density at radius 3 is 2.12 bits per heavy atom. The molecule has 0 aliphatic rings. The third-order valence-corrected chi connectivity index (χ3v) is 3.63. The Morgan fingerprint density at radius 2 is 1.76 bits per heavy atom. The van der Waals surface area contributed by atoms with Crippen molar-refractivity contribution in [3.05, 3.63) is 0 Å². The van der Waals surface area contributed by atoms with Gasteiger partial charge in [0.2, 0.25) is 0 Å². The largest absolute Gasteiger partial charge is 0.518 e. The quantitative estimate of drug-likeness (QED) is 0.611. The zero-order chi connectivity index (χ0) is 13.9. The van der Waals surface area contributed by atoms with Gasteiger partial charge in [0.1, 0.15) is 5.60 Å². The molecule has 0 saturated carbocycles. The van der Waals surface area contributed by atoms with Crippen molar-refractivity contribution >= 4 is 20.3 Å². The lowest BCUT2D eigenvalue weighted by Crippen LogP contribution is -2.42. The van der Waals surface area contributed by atoms with Crippen molar-refractivity contribution in [2.24, 2.45) is 5.73 Å². The Labute approximate surface area is 104 Å². The van der Waals surface area contributed by atoms with Gasteiger partial charge < -0.3 is 14.9 Å². The van der Waals surface area contributed by atoms with Gasteiger partial charge in [-0.3, -0.25) is 9.59 Å². The van der Waals surface area contributed by atoms with E-state index >= 15 is 0 Å². The molecule has 0 radical (unpaired) electrons. The Balaban J connectivity index is 4.35. The van der Waals surface area contributed by atoms with Crippen LogP contribution in [-0.4, -0.2) is 31.9 Å². The molecule has 0 spiro atoms. The SMILES string of the molecule is C[C@H](N)C(=O)O[Si](C)(C)CC(=O)OC(C)(C)C. The zero-order valence-corrected chi connectivity index (χ0v) is 12.5. The van der Waals surface area contributed by atoms with E-state index in [-0.39, 0.29) is 12.0 Å². The van der Waals surface area contributed by atoms with Crippen LogP contribution in [-0.2, 0) is 18.8 Å². The van der Waals surface area contributed by atoms with Crippen LogP contribution in [0.25, 0.3) is 0 Å². The van der Waals surface area contributed by atoms with Gasteiger partial charge in [-0.15, -0.1) is 0 Å². The van der Waals surface area contributed by atoms with Gasteiger partial charge in [0, 0.05) is 0 Å². The first kappa shape index (κ1) is 16.1. The highest BCUT2D eigenvalue weighted by Gasteiger charge is 2.33. The third kappa shape index (κ3) is 7.92. The lowest BCUT2D eigenvalue weighted by Gasteiger charge is -2.25. The smallest absolute Gasteiger partial charge is 0.309 e. The number of nitrogens with two attached hydrogens (primary N) is 1. The van der Waals surface area contributed by atoms with E-state index < -0.39 is 25.9 Å². The number of carbonyl (C=O) groups excluding carboxylic acids is 2. The predicted octanol–water partition coefficient (Wildman–Crippen LogP) is 1.42. The van der Waals surface area contributed by atoms with E-state index in [1.165, 1.54) is 0 Å². The minimum atomic E-state index is -2.40. The monoisotopic (exact) mass is 261 g/mol. The summed E-state index contributed by atoms with van der Waals surface area (Å²) in [6.07, 6.45) is 0. The number of ether oxygens (including phenoxy) is 1. The predicted molar refractivity (Wildman–Crippen MR) is 67.9 cm³/mol. The van der Waals surface area contributed by atoms with Crippen LogP contribution >= 0.6 is 0 Å². The number of hydrogen-bond acceptors (Lipinski definition) is 5. The lowest BCUT2D eigenvalue weighted by molar-refractivity contribution is -0.152. The molecule has 2 N–H and O–H groups in total. The van der Waals surface area contributed by atoms with E-state index in [2.05, 4.69) is 0 Å². The highest BCUT2D eigenvalue weighted by molar-refractivity contribution is 6.75. The number of carbonyl (C=O) groups is 2. The van der Waals surface area contributed by atoms with E-state index in [1.807, 2.05) is 0 Å². The molecule has 0 aliphatic carbocycles. The minimum Gasteiger partial charge on any atom is -0.518 e. The summed E-state index contributed by atoms with van der Waals surface area (Å²) in [6, 6.07) is -0.525. The first-order chi connectivity index (χ1) is 7.43. The molecule has 0 heterocycles. The lowest BCUT2D eigenvalue weighted by atomic mass is 10.2. The van der Waals surface area contributed by atoms with Crippen molar-refractivity contribution in [2.45, 2.75) is 58.5 Å². The summed E-state index contributed by atoms with van der Waals surface area (Å²) in [5, 5.41) is 0. The van der Waals surface area contributed by atoms with Crippen molar-refractivity contribution in [1.29, 1.82) is 0 Å². The maximum Gasteiger partial charge on any atom is 0.309 e. The second kappa shape index (κ2) is 5.64. The van der Waals surface area contributed by atoms with E-state index in [4.69, 9.17) is 14.9 Å². The summed E-state index contributed by atoms with van der Waals surface area (Å²) in [5.41, 5.74) is 4.89. The molecular formula is C11H23NO4Si. The van der Waals surface area contributed by atoms with E-state index in [1.54, 1.807) is 40.8 Å².